The zero-order chi connectivity index (χ0) is 14.8. The van der Waals surface area contributed by atoms with Gasteiger partial charge < -0.3 is 5.11 Å². The number of hydrogen-bond donors (Lipinski definition) is 2. The number of azo groups is 1. The Kier molecular flexibility index (Phi) is 3.82. The van der Waals surface area contributed by atoms with Crippen LogP contribution in [-0.4, -0.2) is 18.1 Å². The van der Waals surface area contributed by atoms with Crippen LogP contribution in [0.4, 0.5) is 11.4 Å². The van der Waals surface area contributed by atoms with E-state index >= 15 is 0 Å². The molecule has 0 aliphatic heterocycles. The molecule has 0 amide bonds. The van der Waals surface area contributed by atoms with Crippen molar-refractivity contribution >= 4 is 21.5 Å². The smallest absolute Gasteiger partial charge is 0.294 e. The zero-order valence-corrected chi connectivity index (χ0v) is 11.4. The molecule has 2 rings (SSSR count). The molecular formula is C13H12N2O4S. The van der Waals surface area contributed by atoms with E-state index < -0.39 is 10.1 Å². The summed E-state index contributed by atoms with van der Waals surface area (Å²) in [7, 11) is -4.21. The maximum absolute atomic E-state index is 10.9. The lowest BCUT2D eigenvalue weighted by Crippen LogP contribution is -1.96. The normalized spacial score (nSPS) is 11.9. The largest absolute Gasteiger partial charge is 0.506 e. The molecule has 0 aromatic heterocycles. The van der Waals surface area contributed by atoms with Gasteiger partial charge in [0.1, 0.15) is 11.4 Å². The van der Waals surface area contributed by atoms with Crippen molar-refractivity contribution in [3.8, 4) is 5.75 Å². The summed E-state index contributed by atoms with van der Waals surface area (Å²) in [5, 5.41) is 17.4. The molecule has 104 valence electrons. The second kappa shape index (κ2) is 5.40. The van der Waals surface area contributed by atoms with E-state index in [1.54, 1.807) is 18.2 Å². The molecule has 0 spiro atoms. The fourth-order valence-corrected chi connectivity index (χ4v) is 1.99. The van der Waals surface area contributed by atoms with Crippen molar-refractivity contribution in [2.45, 2.75) is 11.8 Å². The number of phenols is 1. The summed E-state index contributed by atoms with van der Waals surface area (Å²) in [5.74, 6) is 0.0170. The number of aryl methyl sites for hydroxylation is 1. The van der Waals surface area contributed by atoms with Crippen molar-refractivity contribution in [3.63, 3.8) is 0 Å². The first-order valence-electron chi connectivity index (χ1n) is 5.65. The lowest BCUT2D eigenvalue weighted by atomic mass is 10.2. The van der Waals surface area contributed by atoms with E-state index in [9.17, 15) is 13.5 Å². The van der Waals surface area contributed by atoms with Crippen LogP contribution in [-0.2, 0) is 10.1 Å². The van der Waals surface area contributed by atoms with Crippen LogP contribution in [0, 0.1) is 6.92 Å². The van der Waals surface area contributed by atoms with Crippen LogP contribution in [0.5, 0.6) is 5.75 Å². The van der Waals surface area contributed by atoms with Crippen LogP contribution in [0.2, 0.25) is 0 Å². The standard InChI is InChI=1S/C13H12N2O4S/c1-9-2-7-12(13(16)8-9)15-14-10-3-5-11(6-4-10)20(17,18)19/h2-8,16H,1H3,(H,17,18,19). The van der Waals surface area contributed by atoms with Gasteiger partial charge in [-0.05, 0) is 48.9 Å². The monoisotopic (exact) mass is 292 g/mol. The first-order valence-corrected chi connectivity index (χ1v) is 7.09. The highest BCUT2D eigenvalue weighted by Crippen LogP contribution is 2.28. The van der Waals surface area contributed by atoms with Gasteiger partial charge in [0.15, 0.2) is 0 Å². The van der Waals surface area contributed by atoms with Crippen molar-refractivity contribution in [2.24, 2.45) is 10.2 Å². The molecule has 0 aliphatic rings. The molecule has 0 saturated heterocycles. The molecule has 2 aromatic rings. The molecule has 6 nitrogen and oxygen atoms in total. The highest BCUT2D eigenvalue weighted by molar-refractivity contribution is 7.85. The third kappa shape index (κ3) is 3.40. The van der Waals surface area contributed by atoms with Crippen LogP contribution in [0.1, 0.15) is 5.56 Å². The molecule has 0 bridgehead atoms. The predicted molar refractivity (Wildman–Crippen MR) is 73.3 cm³/mol. The molecule has 0 aliphatic carbocycles. The van der Waals surface area contributed by atoms with Gasteiger partial charge in [0.05, 0.1) is 10.6 Å². The summed E-state index contributed by atoms with van der Waals surface area (Å²) in [6.07, 6.45) is 0. The Morgan fingerprint density at radius 1 is 1.00 bits per heavy atom. The lowest BCUT2D eigenvalue weighted by molar-refractivity contribution is 0.476. The molecule has 0 fully saturated rings. The first kappa shape index (κ1) is 14.2. The topological polar surface area (TPSA) is 99.3 Å². The highest BCUT2D eigenvalue weighted by atomic mass is 32.2. The van der Waals surface area contributed by atoms with Crippen LogP contribution < -0.4 is 0 Å². The van der Waals surface area contributed by atoms with E-state index in [-0.39, 0.29) is 10.6 Å². The van der Waals surface area contributed by atoms with Gasteiger partial charge >= 0.3 is 0 Å². The van der Waals surface area contributed by atoms with Gasteiger partial charge in [-0.3, -0.25) is 4.55 Å². The Morgan fingerprint density at radius 2 is 1.65 bits per heavy atom. The number of phenolic OH excluding ortho intramolecular Hbond substituents is 1. The number of aromatic hydroxyl groups is 1. The molecule has 0 heterocycles. The number of nitrogens with zero attached hydrogens (tertiary/aromatic N) is 2. The van der Waals surface area contributed by atoms with E-state index in [4.69, 9.17) is 4.55 Å². The molecule has 2 N–H and O–H groups in total. The second-order valence-electron chi connectivity index (χ2n) is 4.16. The van der Waals surface area contributed by atoms with Crippen LogP contribution >= 0.6 is 0 Å². The Morgan fingerprint density at radius 3 is 2.20 bits per heavy atom. The fourth-order valence-electron chi connectivity index (χ4n) is 1.51. The molecule has 20 heavy (non-hydrogen) atoms. The first-order chi connectivity index (χ1) is 9.36. The maximum atomic E-state index is 10.9. The van der Waals surface area contributed by atoms with Crippen molar-refractivity contribution in [1.82, 2.24) is 0 Å². The van der Waals surface area contributed by atoms with Gasteiger partial charge in [-0.1, -0.05) is 6.07 Å². The molecule has 0 saturated carbocycles. The average Bonchev–Trinajstić information content (AvgIpc) is 2.37. The minimum Gasteiger partial charge on any atom is -0.506 e. The Labute approximate surface area is 116 Å². The molecule has 2 aromatic carbocycles. The van der Waals surface area contributed by atoms with E-state index in [0.29, 0.717) is 11.4 Å². The van der Waals surface area contributed by atoms with Gasteiger partial charge in [0, 0.05) is 0 Å². The Bertz CT molecular complexity index is 752. The quantitative estimate of drug-likeness (QED) is 0.669. The summed E-state index contributed by atoms with van der Waals surface area (Å²) in [4.78, 5) is -0.213. The Hall–Kier alpha value is -2.25. The number of hydrogen-bond acceptors (Lipinski definition) is 5. The zero-order valence-electron chi connectivity index (χ0n) is 10.6. The summed E-state index contributed by atoms with van der Waals surface area (Å²) >= 11 is 0. The van der Waals surface area contributed by atoms with Gasteiger partial charge in [0.2, 0.25) is 0 Å². The number of benzene rings is 2. The van der Waals surface area contributed by atoms with E-state index in [1.807, 2.05) is 6.92 Å². The van der Waals surface area contributed by atoms with Crippen molar-refractivity contribution in [3.05, 3.63) is 48.0 Å². The summed E-state index contributed by atoms with van der Waals surface area (Å²) in [5.41, 5.74) is 1.62. The predicted octanol–water partition coefficient (Wildman–Crippen LogP) is 3.36. The SMILES string of the molecule is Cc1ccc(N=Nc2ccc(S(=O)(=O)O)cc2)c(O)c1. The highest BCUT2D eigenvalue weighted by Gasteiger charge is 2.08. The van der Waals surface area contributed by atoms with E-state index in [2.05, 4.69) is 10.2 Å². The minimum absolute atomic E-state index is 0.0170. The fraction of sp³-hybridized carbons (Fsp3) is 0.0769. The van der Waals surface area contributed by atoms with Crippen molar-refractivity contribution in [2.75, 3.05) is 0 Å². The van der Waals surface area contributed by atoms with Crippen molar-refractivity contribution < 1.29 is 18.1 Å². The Balaban J connectivity index is 2.24. The van der Waals surface area contributed by atoms with Gasteiger partial charge in [-0.25, -0.2) is 0 Å². The summed E-state index contributed by atoms with van der Waals surface area (Å²) < 4.78 is 30.6. The molecular weight excluding hydrogens is 280 g/mol. The summed E-state index contributed by atoms with van der Waals surface area (Å²) in [6, 6.07) is 10.2. The van der Waals surface area contributed by atoms with Crippen LogP contribution in [0.3, 0.4) is 0 Å². The minimum atomic E-state index is -4.21. The summed E-state index contributed by atoms with van der Waals surface area (Å²) in [6.45, 7) is 1.84. The molecule has 0 atom stereocenters. The van der Waals surface area contributed by atoms with Gasteiger partial charge in [-0.2, -0.15) is 13.5 Å². The van der Waals surface area contributed by atoms with E-state index in [1.165, 1.54) is 24.3 Å². The van der Waals surface area contributed by atoms with Gasteiger partial charge in [0.25, 0.3) is 10.1 Å². The molecule has 0 unspecified atom stereocenters. The third-order valence-electron chi connectivity index (χ3n) is 2.54. The lowest BCUT2D eigenvalue weighted by Gasteiger charge is -1.99. The van der Waals surface area contributed by atoms with Crippen molar-refractivity contribution in [1.29, 1.82) is 0 Å². The maximum Gasteiger partial charge on any atom is 0.294 e. The third-order valence-corrected chi connectivity index (χ3v) is 3.41. The van der Waals surface area contributed by atoms with E-state index in [0.717, 1.165) is 5.56 Å². The molecule has 7 heteroatoms. The second-order valence-corrected chi connectivity index (χ2v) is 5.58. The van der Waals surface area contributed by atoms with Crippen LogP contribution in [0.25, 0.3) is 0 Å². The average molecular weight is 292 g/mol. The van der Waals surface area contributed by atoms with Gasteiger partial charge in [-0.15, -0.1) is 5.11 Å². The van der Waals surface area contributed by atoms with Crippen LogP contribution in [0.15, 0.2) is 57.6 Å². The molecule has 0 radical (unpaired) electrons. The number of rotatable bonds is 3.